The number of nitrogens with one attached hydrogen (secondary N) is 2. The van der Waals surface area contributed by atoms with E-state index in [9.17, 15) is 22.8 Å². The summed E-state index contributed by atoms with van der Waals surface area (Å²) < 4.78 is 38.9. The second kappa shape index (κ2) is 10.4. The van der Waals surface area contributed by atoms with Crippen molar-refractivity contribution in [3.63, 3.8) is 0 Å². The van der Waals surface area contributed by atoms with Crippen LogP contribution >= 0.6 is 0 Å². The molecule has 0 saturated heterocycles. The van der Waals surface area contributed by atoms with Crippen LogP contribution in [0.15, 0.2) is 53.6 Å². The van der Waals surface area contributed by atoms with Gasteiger partial charge in [-0.25, -0.2) is 5.43 Å². The van der Waals surface area contributed by atoms with Gasteiger partial charge in [-0.2, -0.15) is 18.3 Å². The zero-order valence-corrected chi connectivity index (χ0v) is 16.7. The maximum Gasteiger partial charge on any atom is 0.417 e. The first-order chi connectivity index (χ1) is 14.3. The molecular formula is C21H23F3N4O2. The summed E-state index contributed by atoms with van der Waals surface area (Å²) in [6.45, 7) is 5.39. The van der Waals surface area contributed by atoms with Crippen LogP contribution in [0.2, 0.25) is 0 Å². The Labute approximate surface area is 172 Å². The summed E-state index contributed by atoms with van der Waals surface area (Å²) in [5, 5.41) is 5.96. The Balaban J connectivity index is 1.88. The summed E-state index contributed by atoms with van der Waals surface area (Å²) in [7, 11) is 0. The fraction of sp³-hybridized carbons (Fsp3) is 0.286. The minimum atomic E-state index is -4.67. The van der Waals surface area contributed by atoms with E-state index in [1.165, 1.54) is 18.3 Å². The van der Waals surface area contributed by atoms with Gasteiger partial charge >= 0.3 is 6.18 Å². The number of hydrazone groups is 1. The van der Waals surface area contributed by atoms with Crippen molar-refractivity contribution in [3.8, 4) is 0 Å². The highest BCUT2D eigenvalue weighted by molar-refractivity contribution is 5.98. The lowest BCUT2D eigenvalue weighted by molar-refractivity contribution is -0.137. The van der Waals surface area contributed by atoms with Crippen LogP contribution in [0.4, 0.5) is 18.9 Å². The monoisotopic (exact) mass is 420 g/mol. The summed E-state index contributed by atoms with van der Waals surface area (Å²) in [6, 6.07) is 11.9. The summed E-state index contributed by atoms with van der Waals surface area (Å²) >= 11 is 0. The largest absolute Gasteiger partial charge is 0.417 e. The molecular weight excluding hydrogens is 397 g/mol. The molecule has 0 atom stereocenters. The lowest BCUT2D eigenvalue weighted by atomic mass is 10.1. The van der Waals surface area contributed by atoms with Crippen LogP contribution in [-0.2, 0) is 11.0 Å². The van der Waals surface area contributed by atoms with Crippen LogP contribution in [0.25, 0.3) is 0 Å². The van der Waals surface area contributed by atoms with Gasteiger partial charge in [0.2, 0.25) is 0 Å². The second-order valence-corrected chi connectivity index (χ2v) is 6.28. The van der Waals surface area contributed by atoms with Gasteiger partial charge in [0.1, 0.15) is 0 Å². The Bertz CT molecular complexity index is 892. The number of anilines is 1. The number of carbonyl (C=O) groups is 2. The minimum Gasteiger partial charge on any atom is -0.372 e. The van der Waals surface area contributed by atoms with Crippen molar-refractivity contribution in [2.24, 2.45) is 5.10 Å². The van der Waals surface area contributed by atoms with E-state index in [-0.39, 0.29) is 0 Å². The maximum absolute atomic E-state index is 13.0. The van der Waals surface area contributed by atoms with Crippen LogP contribution in [0.5, 0.6) is 0 Å². The van der Waals surface area contributed by atoms with Crippen LogP contribution in [-0.4, -0.2) is 37.7 Å². The summed E-state index contributed by atoms with van der Waals surface area (Å²) in [5.41, 5.74) is 2.45. The van der Waals surface area contributed by atoms with Gasteiger partial charge in [-0.05, 0) is 43.7 Å². The van der Waals surface area contributed by atoms with Crippen molar-refractivity contribution in [2.75, 3.05) is 24.5 Å². The van der Waals surface area contributed by atoms with Gasteiger partial charge in [0, 0.05) is 18.8 Å². The predicted molar refractivity (Wildman–Crippen MR) is 110 cm³/mol. The Hall–Kier alpha value is -3.36. The molecule has 0 heterocycles. The number of hydrogen-bond acceptors (Lipinski definition) is 4. The van der Waals surface area contributed by atoms with E-state index in [4.69, 9.17) is 0 Å². The standard InChI is InChI=1S/C21H23F3N4O2/c1-3-28(4-2)16-11-9-15(10-12-16)13-26-27-19(29)14-25-20(30)17-7-5-6-8-18(17)21(22,23)24/h5-13H,3-4,14H2,1-2H3,(H,25,30)(H,27,29)/b26-13+. The molecule has 2 amide bonds. The van der Waals surface area contributed by atoms with Crippen molar-refractivity contribution in [2.45, 2.75) is 20.0 Å². The van der Waals surface area contributed by atoms with Gasteiger partial charge in [0.05, 0.1) is 23.9 Å². The summed E-state index contributed by atoms with van der Waals surface area (Å²) in [6.07, 6.45) is -3.23. The highest BCUT2D eigenvalue weighted by Gasteiger charge is 2.34. The molecule has 2 aromatic carbocycles. The average molecular weight is 420 g/mol. The third-order valence-corrected chi connectivity index (χ3v) is 4.31. The topological polar surface area (TPSA) is 73.8 Å². The number of carbonyl (C=O) groups excluding carboxylic acids is 2. The lowest BCUT2D eigenvalue weighted by Crippen LogP contribution is -2.35. The molecule has 0 aromatic heterocycles. The molecule has 2 rings (SSSR count). The van der Waals surface area contributed by atoms with Gasteiger partial charge in [-0.15, -0.1) is 0 Å². The molecule has 0 bridgehead atoms. The van der Waals surface area contributed by atoms with Crippen LogP contribution in [0.1, 0.15) is 35.3 Å². The molecule has 160 valence electrons. The average Bonchev–Trinajstić information content (AvgIpc) is 2.73. The fourth-order valence-electron chi connectivity index (χ4n) is 2.76. The molecule has 2 N–H and O–H groups in total. The molecule has 0 radical (unpaired) electrons. The molecule has 0 spiro atoms. The molecule has 30 heavy (non-hydrogen) atoms. The lowest BCUT2D eigenvalue weighted by Gasteiger charge is -2.20. The third-order valence-electron chi connectivity index (χ3n) is 4.31. The van der Waals surface area contributed by atoms with Gasteiger partial charge < -0.3 is 10.2 Å². The van der Waals surface area contributed by atoms with Crippen molar-refractivity contribution in [1.82, 2.24) is 10.7 Å². The number of hydrogen-bond donors (Lipinski definition) is 2. The Kier molecular flexibility index (Phi) is 7.97. The molecule has 2 aromatic rings. The summed E-state index contributed by atoms with van der Waals surface area (Å²) in [5.74, 6) is -1.65. The van der Waals surface area contributed by atoms with E-state index in [1.807, 2.05) is 24.3 Å². The van der Waals surface area contributed by atoms with Crippen LogP contribution in [0, 0.1) is 0 Å². The molecule has 0 aliphatic rings. The first-order valence-electron chi connectivity index (χ1n) is 9.37. The first kappa shape index (κ1) is 22.9. The van der Waals surface area contributed by atoms with Crippen molar-refractivity contribution >= 4 is 23.7 Å². The molecule has 0 fully saturated rings. The van der Waals surface area contributed by atoms with E-state index in [0.717, 1.165) is 36.5 Å². The maximum atomic E-state index is 13.0. The Morgan fingerprint density at radius 3 is 2.27 bits per heavy atom. The third kappa shape index (κ3) is 6.33. The number of alkyl halides is 3. The smallest absolute Gasteiger partial charge is 0.372 e. The molecule has 6 nitrogen and oxygen atoms in total. The van der Waals surface area contributed by atoms with E-state index in [1.54, 1.807) is 0 Å². The van der Waals surface area contributed by atoms with Gasteiger partial charge in [-0.3, -0.25) is 9.59 Å². The molecule has 0 unspecified atom stereocenters. The first-order valence-corrected chi connectivity index (χ1v) is 9.37. The van der Waals surface area contributed by atoms with E-state index in [0.29, 0.717) is 0 Å². The van der Waals surface area contributed by atoms with E-state index >= 15 is 0 Å². The van der Waals surface area contributed by atoms with E-state index in [2.05, 4.69) is 34.6 Å². The SMILES string of the molecule is CCN(CC)c1ccc(/C=N/NC(=O)CNC(=O)c2ccccc2C(F)(F)F)cc1. The number of rotatable bonds is 8. The molecule has 0 saturated carbocycles. The number of halogens is 3. The van der Waals surface area contributed by atoms with E-state index < -0.39 is 35.7 Å². The Morgan fingerprint density at radius 1 is 1.03 bits per heavy atom. The van der Waals surface area contributed by atoms with Gasteiger partial charge in [0.15, 0.2) is 0 Å². The molecule has 9 heteroatoms. The van der Waals surface area contributed by atoms with Gasteiger partial charge in [0.25, 0.3) is 11.8 Å². The highest BCUT2D eigenvalue weighted by Crippen LogP contribution is 2.31. The van der Waals surface area contributed by atoms with Crippen molar-refractivity contribution in [3.05, 3.63) is 65.2 Å². The quantitative estimate of drug-likeness (QED) is 0.508. The number of benzene rings is 2. The second-order valence-electron chi connectivity index (χ2n) is 6.28. The zero-order valence-electron chi connectivity index (χ0n) is 16.7. The molecule has 0 aliphatic heterocycles. The number of nitrogens with zero attached hydrogens (tertiary/aromatic N) is 2. The van der Waals surface area contributed by atoms with Crippen LogP contribution in [0.3, 0.4) is 0 Å². The minimum absolute atomic E-state index is 0.511. The Morgan fingerprint density at radius 2 is 1.67 bits per heavy atom. The molecule has 0 aliphatic carbocycles. The highest BCUT2D eigenvalue weighted by atomic mass is 19.4. The van der Waals surface area contributed by atoms with Gasteiger partial charge in [-0.1, -0.05) is 24.3 Å². The predicted octanol–water partition coefficient (Wildman–Crippen LogP) is 3.43. The van der Waals surface area contributed by atoms with Crippen LogP contribution < -0.4 is 15.6 Å². The summed E-state index contributed by atoms with van der Waals surface area (Å²) in [4.78, 5) is 26.0. The fourth-order valence-corrected chi connectivity index (χ4v) is 2.76. The van der Waals surface area contributed by atoms with Crippen molar-refractivity contribution < 1.29 is 22.8 Å². The zero-order chi connectivity index (χ0) is 22.1. The number of amides is 2. The normalized spacial score (nSPS) is 11.4. The van der Waals surface area contributed by atoms with Crippen molar-refractivity contribution in [1.29, 1.82) is 0 Å².